The standard InChI is InChI=1S/C10H11N3O3/c1-7(14)16-9(12-13-10(11)15)8-5-3-2-4-6-8/h2-6H,1H3,(H3,11,13,15)/b12-9-. The highest BCUT2D eigenvalue weighted by Crippen LogP contribution is 2.02. The Morgan fingerprint density at radius 3 is 2.44 bits per heavy atom. The molecule has 16 heavy (non-hydrogen) atoms. The summed E-state index contributed by atoms with van der Waals surface area (Å²) >= 11 is 0. The van der Waals surface area contributed by atoms with Gasteiger partial charge in [0.25, 0.3) is 0 Å². The number of nitrogens with zero attached hydrogens (tertiary/aromatic N) is 1. The predicted octanol–water partition coefficient (Wildman–Crippen LogP) is 0.580. The first kappa shape index (κ1) is 11.7. The van der Waals surface area contributed by atoms with Gasteiger partial charge in [-0.3, -0.25) is 4.79 Å². The second-order valence-corrected chi connectivity index (χ2v) is 2.85. The molecule has 84 valence electrons. The molecule has 0 atom stereocenters. The molecule has 0 bridgehead atoms. The minimum Gasteiger partial charge on any atom is -0.405 e. The van der Waals surface area contributed by atoms with E-state index in [4.69, 9.17) is 10.5 Å². The van der Waals surface area contributed by atoms with Crippen molar-refractivity contribution in [3.63, 3.8) is 0 Å². The average Bonchev–Trinajstić information content (AvgIpc) is 2.25. The van der Waals surface area contributed by atoms with Crippen LogP contribution in [0, 0.1) is 0 Å². The number of hydrogen-bond donors (Lipinski definition) is 2. The number of primary amides is 1. The summed E-state index contributed by atoms with van der Waals surface area (Å²) in [4.78, 5) is 21.3. The molecule has 0 spiro atoms. The number of carbonyl (C=O) groups is 2. The largest absolute Gasteiger partial charge is 0.405 e. The van der Waals surface area contributed by atoms with E-state index in [1.807, 2.05) is 5.43 Å². The van der Waals surface area contributed by atoms with Gasteiger partial charge in [-0.15, -0.1) is 5.10 Å². The molecule has 2 amide bonds. The summed E-state index contributed by atoms with van der Waals surface area (Å²) in [5.41, 5.74) is 7.41. The van der Waals surface area contributed by atoms with E-state index in [2.05, 4.69) is 5.10 Å². The highest BCUT2D eigenvalue weighted by Gasteiger charge is 2.07. The van der Waals surface area contributed by atoms with Gasteiger partial charge in [-0.25, -0.2) is 10.2 Å². The van der Waals surface area contributed by atoms with Crippen LogP contribution in [-0.2, 0) is 9.53 Å². The van der Waals surface area contributed by atoms with Gasteiger partial charge in [-0.2, -0.15) is 0 Å². The number of amides is 2. The van der Waals surface area contributed by atoms with Crippen LogP contribution in [0.3, 0.4) is 0 Å². The first-order valence-electron chi connectivity index (χ1n) is 4.46. The predicted molar refractivity (Wildman–Crippen MR) is 57.5 cm³/mol. The number of benzene rings is 1. The van der Waals surface area contributed by atoms with E-state index in [0.29, 0.717) is 5.56 Å². The van der Waals surface area contributed by atoms with Gasteiger partial charge in [0.05, 0.1) is 0 Å². The van der Waals surface area contributed by atoms with Crippen LogP contribution in [0.4, 0.5) is 4.79 Å². The van der Waals surface area contributed by atoms with Crippen LogP contribution in [0.25, 0.3) is 0 Å². The van der Waals surface area contributed by atoms with Crippen LogP contribution < -0.4 is 11.2 Å². The monoisotopic (exact) mass is 221 g/mol. The van der Waals surface area contributed by atoms with E-state index in [9.17, 15) is 9.59 Å². The van der Waals surface area contributed by atoms with Crippen LogP contribution in [-0.4, -0.2) is 17.9 Å². The molecule has 0 saturated carbocycles. The summed E-state index contributed by atoms with van der Waals surface area (Å²) in [5, 5.41) is 3.58. The number of nitrogens with two attached hydrogens (primary N) is 1. The molecule has 1 rings (SSSR count). The van der Waals surface area contributed by atoms with Gasteiger partial charge in [-0.05, 0) is 12.1 Å². The second-order valence-electron chi connectivity index (χ2n) is 2.85. The van der Waals surface area contributed by atoms with Gasteiger partial charge in [-0.1, -0.05) is 18.2 Å². The zero-order chi connectivity index (χ0) is 12.0. The highest BCUT2D eigenvalue weighted by molar-refractivity contribution is 6.00. The van der Waals surface area contributed by atoms with Crippen molar-refractivity contribution in [3.05, 3.63) is 35.9 Å². The topological polar surface area (TPSA) is 93.8 Å². The fourth-order valence-electron chi connectivity index (χ4n) is 0.969. The Kier molecular flexibility index (Phi) is 4.02. The summed E-state index contributed by atoms with van der Waals surface area (Å²) in [6.45, 7) is 1.24. The molecule has 0 aliphatic rings. The van der Waals surface area contributed by atoms with Gasteiger partial charge in [0.15, 0.2) is 0 Å². The molecule has 6 nitrogen and oxygen atoms in total. The Hall–Kier alpha value is -2.37. The van der Waals surface area contributed by atoms with Crippen molar-refractivity contribution in [2.45, 2.75) is 6.92 Å². The maximum absolute atomic E-state index is 10.8. The molecular formula is C10H11N3O3. The maximum Gasteiger partial charge on any atom is 0.332 e. The van der Waals surface area contributed by atoms with Crippen molar-refractivity contribution in [1.82, 2.24) is 5.43 Å². The van der Waals surface area contributed by atoms with E-state index in [-0.39, 0.29) is 5.90 Å². The Bertz CT molecular complexity index is 415. The molecule has 0 aliphatic carbocycles. The SMILES string of the molecule is CC(=O)O/C(=N\NC(N)=O)c1ccccc1. The first-order chi connectivity index (χ1) is 7.59. The number of nitrogens with one attached hydrogen (secondary N) is 1. The summed E-state index contributed by atoms with van der Waals surface area (Å²) in [6.07, 6.45) is 0. The minimum absolute atomic E-state index is 0.00750. The molecule has 0 aromatic heterocycles. The molecule has 1 aromatic rings. The summed E-state index contributed by atoms with van der Waals surface area (Å²) in [5.74, 6) is -0.541. The Morgan fingerprint density at radius 2 is 1.94 bits per heavy atom. The third-order valence-corrected chi connectivity index (χ3v) is 1.53. The minimum atomic E-state index is -0.833. The number of esters is 1. The van der Waals surface area contributed by atoms with Gasteiger partial charge < -0.3 is 10.5 Å². The fraction of sp³-hybridized carbons (Fsp3) is 0.100. The van der Waals surface area contributed by atoms with Gasteiger partial charge in [0.2, 0.25) is 5.90 Å². The molecule has 0 fully saturated rings. The third-order valence-electron chi connectivity index (χ3n) is 1.53. The number of hydrogen-bond acceptors (Lipinski definition) is 4. The van der Waals surface area contributed by atoms with Crippen LogP contribution in [0.5, 0.6) is 0 Å². The summed E-state index contributed by atoms with van der Waals surface area (Å²) < 4.78 is 4.83. The van der Waals surface area contributed by atoms with Crippen molar-refractivity contribution < 1.29 is 14.3 Å². The van der Waals surface area contributed by atoms with Crippen molar-refractivity contribution in [2.75, 3.05) is 0 Å². The van der Waals surface area contributed by atoms with Crippen molar-refractivity contribution >= 4 is 17.9 Å². The van der Waals surface area contributed by atoms with Crippen LogP contribution >= 0.6 is 0 Å². The number of hydrazone groups is 1. The van der Waals surface area contributed by atoms with E-state index < -0.39 is 12.0 Å². The highest BCUT2D eigenvalue weighted by atomic mass is 16.5. The quantitative estimate of drug-likeness (QED) is 0.331. The average molecular weight is 221 g/mol. The van der Waals surface area contributed by atoms with E-state index in [0.717, 1.165) is 0 Å². The lowest BCUT2D eigenvalue weighted by Crippen LogP contribution is -2.27. The molecule has 0 saturated heterocycles. The molecule has 0 heterocycles. The zero-order valence-corrected chi connectivity index (χ0v) is 8.64. The Morgan fingerprint density at radius 1 is 1.31 bits per heavy atom. The lowest BCUT2D eigenvalue weighted by Gasteiger charge is -2.05. The lowest BCUT2D eigenvalue weighted by molar-refractivity contribution is -0.132. The van der Waals surface area contributed by atoms with Crippen molar-refractivity contribution in [3.8, 4) is 0 Å². The van der Waals surface area contributed by atoms with Crippen LogP contribution in [0.1, 0.15) is 12.5 Å². The molecule has 3 N–H and O–H groups in total. The Balaban J connectivity index is 2.91. The third kappa shape index (κ3) is 3.79. The second kappa shape index (κ2) is 5.50. The van der Waals surface area contributed by atoms with E-state index in [1.54, 1.807) is 30.3 Å². The normalized spacial score (nSPS) is 10.7. The van der Waals surface area contributed by atoms with Crippen LogP contribution in [0.15, 0.2) is 35.4 Å². The first-order valence-corrected chi connectivity index (χ1v) is 4.46. The van der Waals surface area contributed by atoms with E-state index >= 15 is 0 Å². The van der Waals surface area contributed by atoms with Crippen molar-refractivity contribution in [2.24, 2.45) is 10.8 Å². The van der Waals surface area contributed by atoms with Gasteiger partial charge in [0.1, 0.15) is 0 Å². The van der Waals surface area contributed by atoms with Gasteiger partial charge in [0, 0.05) is 12.5 Å². The lowest BCUT2D eigenvalue weighted by atomic mass is 10.2. The Labute approximate surface area is 92.1 Å². The molecule has 6 heteroatoms. The van der Waals surface area contributed by atoms with Crippen molar-refractivity contribution in [1.29, 1.82) is 0 Å². The maximum atomic E-state index is 10.8. The smallest absolute Gasteiger partial charge is 0.332 e. The fourth-order valence-corrected chi connectivity index (χ4v) is 0.969. The van der Waals surface area contributed by atoms with Crippen LogP contribution in [0.2, 0.25) is 0 Å². The zero-order valence-electron chi connectivity index (χ0n) is 8.64. The molecule has 0 unspecified atom stereocenters. The molecule has 0 radical (unpaired) electrons. The van der Waals surface area contributed by atoms with E-state index in [1.165, 1.54) is 6.92 Å². The molecule has 1 aromatic carbocycles. The summed E-state index contributed by atoms with van der Waals surface area (Å²) in [7, 11) is 0. The summed E-state index contributed by atoms with van der Waals surface area (Å²) in [6, 6.07) is 7.84. The number of ether oxygens (including phenoxy) is 1. The number of carbonyl (C=O) groups excluding carboxylic acids is 2. The molecule has 0 aliphatic heterocycles. The number of rotatable bonds is 2. The number of urea groups is 1. The molecular weight excluding hydrogens is 210 g/mol. The van der Waals surface area contributed by atoms with Gasteiger partial charge >= 0.3 is 12.0 Å².